The van der Waals surface area contributed by atoms with Gasteiger partial charge in [0.1, 0.15) is 78.6 Å². The fourth-order valence-corrected chi connectivity index (χ4v) is 20.1. The molecule has 8 aliphatic carbocycles. The smallest absolute Gasteiger partial charge is 0.315 e. The van der Waals surface area contributed by atoms with Gasteiger partial charge in [-0.15, -0.1) is 0 Å². The van der Waals surface area contributed by atoms with Crippen molar-refractivity contribution >= 4 is 23.9 Å². The monoisotopic (exact) mass is 1770 g/mol. The molecule has 14 unspecified atom stereocenters. The van der Waals surface area contributed by atoms with Crippen molar-refractivity contribution in [2.45, 2.75) is 348 Å². The second-order valence-electron chi connectivity index (χ2n) is 37.6. The molecule has 4 N–H and O–H groups in total. The number of carbonyl (C=O) groups excluding carboxylic acids is 4. The number of rotatable bonds is 35. The first-order chi connectivity index (χ1) is 58.1. The van der Waals surface area contributed by atoms with Crippen molar-refractivity contribution < 1.29 is 96.4 Å². The molecule has 0 radical (unpaired) electrons. The van der Waals surface area contributed by atoms with E-state index in [-0.39, 0.29) is 186 Å². The first-order valence-corrected chi connectivity index (χ1v) is 45.0. The van der Waals surface area contributed by atoms with E-state index in [2.05, 4.69) is 53.7 Å². The molecule has 6 aromatic carbocycles. The van der Waals surface area contributed by atoms with Crippen molar-refractivity contribution in [3.63, 3.8) is 0 Å². The van der Waals surface area contributed by atoms with E-state index >= 15 is 0 Å². The van der Waals surface area contributed by atoms with Gasteiger partial charge in [-0.1, -0.05) is 186 Å². The zero-order valence-electron chi connectivity index (χ0n) is 74.2. The van der Waals surface area contributed by atoms with Gasteiger partial charge in [0.05, 0.1) is 79.6 Å². The maximum absolute atomic E-state index is 13.5. The first-order valence-electron chi connectivity index (χ1n) is 45.0. The minimum atomic E-state index is -0.741. The molecule has 14 atom stereocenters. The summed E-state index contributed by atoms with van der Waals surface area (Å²) in [6, 6.07) is 39.0. The van der Waals surface area contributed by atoms with E-state index in [1.165, 1.54) is 44.1 Å². The molecule has 20 nitrogen and oxygen atoms in total. The van der Waals surface area contributed by atoms with Crippen LogP contribution in [0.1, 0.15) is 330 Å². The number of esters is 4. The van der Waals surface area contributed by atoms with Gasteiger partial charge in [0.2, 0.25) is 0 Å². The number of carbonyl (C=O) groups is 4. The lowest BCUT2D eigenvalue weighted by molar-refractivity contribution is -0.258. The second-order valence-corrected chi connectivity index (χ2v) is 37.6. The summed E-state index contributed by atoms with van der Waals surface area (Å²) < 4.78 is 74.4. The maximum atomic E-state index is 13.5. The molecule has 9 fully saturated rings. The van der Waals surface area contributed by atoms with Crippen molar-refractivity contribution in [2.24, 2.45) is 46.3 Å². The molecule has 0 amide bonds. The van der Waals surface area contributed by atoms with E-state index in [1.54, 1.807) is 38.5 Å². The summed E-state index contributed by atoms with van der Waals surface area (Å²) in [6.45, 7) is 24.4. The number of ether oxygens (including phenoxy) is 12. The van der Waals surface area contributed by atoms with Gasteiger partial charge in [-0.05, 0) is 236 Å². The summed E-state index contributed by atoms with van der Waals surface area (Å²) in [5, 5.41) is 40.3. The van der Waals surface area contributed by atoms with Crippen LogP contribution in [0.4, 0.5) is 0 Å². The Balaban J connectivity index is 0.000000292. The summed E-state index contributed by atoms with van der Waals surface area (Å²) in [5.74, 6) is 3.50. The van der Waals surface area contributed by atoms with Gasteiger partial charge in [-0.3, -0.25) is 19.2 Å². The Bertz CT molecular complexity index is 4320. The lowest BCUT2D eigenvalue weighted by atomic mass is 9.52. The highest BCUT2D eigenvalue weighted by Gasteiger charge is 2.72. The number of methoxy groups -OCH3 is 2. The van der Waals surface area contributed by atoms with Crippen LogP contribution in [0.15, 0.2) is 121 Å². The van der Waals surface area contributed by atoms with Crippen LogP contribution in [-0.4, -0.2) is 121 Å². The van der Waals surface area contributed by atoms with Gasteiger partial charge in [0, 0.05) is 65.9 Å². The predicted molar refractivity (Wildman–Crippen MR) is 503 cm³/mol. The summed E-state index contributed by atoms with van der Waals surface area (Å²) in [6.07, 6.45) is 18.0. The summed E-state index contributed by atoms with van der Waals surface area (Å²) >= 11 is 0. The van der Waals surface area contributed by atoms with Gasteiger partial charge >= 0.3 is 23.9 Å². The molecule has 1 heterocycles. The molecule has 127 heavy (non-hydrogen) atoms. The van der Waals surface area contributed by atoms with E-state index in [0.717, 1.165) is 127 Å². The van der Waals surface area contributed by atoms with Crippen molar-refractivity contribution in [3.05, 3.63) is 171 Å². The number of hydrogen-bond donors (Lipinski definition) is 4. The third-order valence-electron chi connectivity index (χ3n) is 27.7. The minimum Gasteiger partial charge on any atom is -0.490 e. The molecule has 6 bridgehead atoms. The summed E-state index contributed by atoms with van der Waals surface area (Å²) in [5.41, 5.74) is 7.95. The molecule has 708 valence electrons. The highest BCUT2D eigenvalue weighted by molar-refractivity contribution is 5.82. The molecule has 1 saturated heterocycles. The van der Waals surface area contributed by atoms with Crippen molar-refractivity contribution in [1.82, 2.24) is 0 Å². The Labute approximate surface area is 762 Å². The summed E-state index contributed by atoms with van der Waals surface area (Å²) in [4.78, 5) is 51.3. The lowest BCUT2D eigenvalue weighted by Gasteiger charge is -2.61. The largest absolute Gasteiger partial charge is 0.490 e. The van der Waals surface area contributed by atoms with Crippen LogP contribution in [-0.2, 0) is 84.2 Å². The molecule has 15 rings (SSSR count). The highest BCUT2D eigenvalue weighted by Crippen LogP contribution is 2.64. The molecule has 6 aromatic rings. The molecule has 0 aromatic heterocycles. The van der Waals surface area contributed by atoms with Crippen LogP contribution in [0, 0.1) is 46.3 Å². The maximum Gasteiger partial charge on any atom is 0.315 e. The molecular weight excluding hydrogens is 1610 g/mol. The Morgan fingerprint density at radius 3 is 1.61 bits per heavy atom. The second kappa shape index (κ2) is 47.8. The fraction of sp³-hybridized carbons (Fsp3) is 0.626. The van der Waals surface area contributed by atoms with Gasteiger partial charge in [-0.25, -0.2) is 0 Å². The number of fused-ring (bicyclic) bond motifs is 1. The fourth-order valence-electron chi connectivity index (χ4n) is 20.1. The SMILES string of the molecule is C.C.C.C.C.C.CCC(C)(C)C(=O)OC12CC3CC(C1)CC(OC1CCCCC1Oc1c(CO)cc(C(C)(C)C)cc1CO)(C3)C2.CCC(C)C(=O)OC1C2CC3C1OC(=O)C3(COC(COc1c(C(C)OC)cc(C3CCCCC3)cc1C(C)OC)c1ccccc1)C2.CCC(C)C(=O)Oc1ccc(OCCOc2c(CO)cc(-c3ccccc3)cc2CO)cc1. The van der Waals surface area contributed by atoms with Crippen molar-refractivity contribution in [1.29, 1.82) is 0 Å². The lowest BCUT2D eigenvalue weighted by Crippen LogP contribution is -2.63. The van der Waals surface area contributed by atoms with E-state index in [0.29, 0.717) is 64.7 Å². The average molecular weight is 1770 g/mol. The van der Waals surface area contributed by atoms with E-state index in [4.69, 9.17) is 56.8 Å². The van der Waals surface area contributed by atoms with Gasteiger partial charge in [0.25, 0.3) is 0 Å². The zero-order valence-corrected chi connectivity index (χ0v) is 74.2. The van der Waals surface area contributed by atoms with Crippen LogP contribution in [0.2, 0.25) is 0 Å². The van der Waals surface area contributed by atoms with Crippen LogP contribution in [0.25, 0.3) is 11.1 Å². The quantitative estimate of drug-likeness (QED) is 0.0125. The minimum absolute atomic E-state index is 0. The molecule has 20 heteroatoms. The third kappa shape index (κ3) is 25.2. The number of aliphatic hydroxyl groups excluding tert-OH is 4. The van der Waals surface area contributed by atoms with Gasteiger partial charge in [-0.2, -0.15) is 0 Å². The number of benzene rings is 6. The Hall–Kier alpha value is -7.92. The first kappa shape index (κ1) is 108. The van der Waals surface area contributed by atoms with Crippen molar-refractivity contribution in [3.8, 4) is 39.9 Å². The molecule has 0 spiro atoms. The molecular formula is C107H160O20. The van der Waals surface area contributed by atoms with Crippen LogP contribution in [0.5, 0.6) is 28.7 Å². The van der Waals surface area contributed by atoms with Crippen molar-refractivity contribution in [2.75, 3.05) is 40.6 Å². The normalized spacial score (nSPS) is 24.6. The number of hydrogen-bond acceptors (Lipinski definition) is 20. The standard InChI is InChI=1S/C40H54O8.C34H52O6.C27H30O6.6CH4/c1-7-24(2)38(41)47-35-30-20-33-37(35)48-39(42)40(33,21-30)23-46-34(28-16-12-9-13-17-28)22-45-36-31(25(3)43-5)18-29(19-32(36)26(4)44-6)27-14-10-8-11-15-27;1-7-32(5,6)30(37)40-34-17-22-12-23(18-34)16-33(15-22,21-34)39-28-11-9-8-10-27(28)38-29-24(19-35)13-26(31(2,3)4)14-25(29)20-36;1-3-19(2)27(30)33-25-11-9-24(10-12-25)31-13-14-32-26-22(17-28)15-21(16-23(26)18-29)20-7-5-4-6-8-20;;;;;;/h9,12-13,16-19,24-27,30,33-35,37H,7-8,10-11,14-15,20-23H2,1-6H3;13-14,22-23,27-28,35-36H,7-12,15-21H2,1-6H3;4-12,15-16,19,28-29H,3,13-14,17-18H2,1-2H3;6*1H4. The molecule has 8 saturated carbocycles. The van der Waals surface area contributed by atoms with E-state index < -0.39 is 28.6 Å². The van der Waals surface area contributed by atoms with E-state index in [1.807, 2.05) is 126 Å². The zero-order chi connectivity index (χ0) is 86.6. The highest BCUT2D eigenvalue weighted by atomic mass is 16.6. The van der Waals surface area contributed by atoms with Crippen LogP contribution < -0.4 is 23.7 Å². The van der Waals surface area contributed by atoms with Crippen LogP contribution in [0.3, 0.4) is 0 Å². The topological polar surface area (TPSA) is 260 Å². The van der Waals surface area contributed by atoms with Gasteiger partial charge < -0.3 is 77.3 Å². The molecule has 1 aliphatic heterocycles. The van der Waals surface area contributed by atoms with Crippen LogP contribution >= 0.6 is 0 Å². The van der Waals surface area contributed by atoms with E-state index in [9.17, 15) is 39.6 Å². The number of aliphatic hydroxyl groups is 4. The Kier molecular flexibility index (Phi) is 40.6. The predicted octanol–water partition coefficient (Wildman–Crippen LogP) is 23.5. The molecule has 9 aliphatic rings. The average Bonchev–Trinajstić information content (AvgIpc) is 1.56. The summed E-state index contributed by atoms with van der Waals surface area (Å²) in [7, 11) is 3.46. The van der Waals surface area contributed by atoms with Gasteiger partial charge in [0.15, 0.2) is 0 Å². The third-order valence-corrected chi connectivity index (χ3v) is 27.7. The Morgan fingerprint density at radius 2 is 1.07 bits per heavy atom. The Morgan fingerprint density at radius 1 is 0.551 bits per heavy atom.